The topological polar surface area (TPSA) is 104 Å². The fourth-order valence-electron chi connectivity index (χ4n) is 4.72. The number of sulfonamides is 1. The SMILES string of the molecule is CNC(=S)[C@@]1(c2cccnc2)CCCC[C@@H]1C(C)N(C)C(=O)N=NS(=O)(=O)c1ccccc1. The van der Waals surface area contributed by atoms with Crippen molar-refractivity contribution < 1.29 is 13.2 Å². The molecule has 0 saturated heterocycles. The fourth-order valence-corrected chi connectivity index (χ4v) is 5.86. The lowest BCUT2D eigenvalue weighted by Gasteiger charge is -2.48. The van der Waals surface area contributed by atoms with Crippen LogP contribution in [-0.2, 0) is 15.4 Å². The van der Waals surface area contributed by atoms with Gasteiger partial charge in [0.05, 0.1) is 15.3 Å². The molecule has 0 aliphatic heterocycles. The lowest BCUT2D eigenvalue weighted by Crippen LogP contribution is -2.56. The highest BCUT2D eigenvalue weighted by molar-refractivity contribution is 7.90. The number of aromatic nitrogens is 1. The van der Waals surface area contributed by atoms with Gasteiger partial charge in [0.25, 0.3) is 10.0 Å². The van der Waals surface area contributed by atoms with Crippen LogP contribution in [0.1, 0.15) is 38.2 Å². The zero-order chi connectivity index (χ0) is 24.1. The zero-order valence-corrected chi connectivity index (χ0v) is 20.6. The van der Waals surface area contributed by atoms with Crippen LogP contribution in [0.3, 0.4) is 0 Å². The van der Waals surface area contributed by atoms with E-state index in [0.717, 1.165) is 31.2 Å². The van der Waals surface area contributed by atoms with Gasteiger partial charge in [0.1, 0.15) is 0 Å². The molecule has 3 atom stereocenters. The molecule has 1 unspecified atom stereocenters. The molecule has 8 nitrogen and oxygen atoms in total. The normalized spacial score (nSPS) is 22.0. The van der Waals surface area contributed by atoms with Crippen molar-refractivity contribution in [1.29, 1.82) is 0 Å². The summed E-state index contributed by atoms with van der Waals surface area (Å²) in [4.78, 5) is 19.3. The van der Waals surface area contributed by atoms with E-state index in [1.807, 2.05) is 32.3 Å². The third kappa shape index (κ3) is 5.11. The molecular formula is C23H29N5O3S2. The Hall–Kier alpha value is -2.72. The highest BCUT2D eigenvalue weighted by atomic mass is 32.2. The maximum Gasteiger partial charge on any atom is 0.362 e. The van der Waals surface area contributed by atoms with Gasteiger partial charge in [0, 0.05) is 32.5 Å². The Morgan fingerprint density at radius 1 is 1.24 bits per heavy atom. The van der Waals surface area contributed by atoms with Gasteiger partial charge in [-0.25, -0.2) is 4.79 Å². The van der Waals surface area contributed by atoms with E-state index in [4.69, 9.17) is 12.2 Å². The molecule has 1 aromatic heterocycles. The van der Waals surface area contributed by atoms with Crippen LogP contribution in [0.4, 0.5) is 4.79 Å². The third-order valence-corrected chi connectivity index (χ3v) is 8.28. The first-order valence-corrected chi connectivity index (χ1v) is 12.7. The Bertz CT molecular complexity index is 1110. The maximum atomic E-state index is 12.8. The number of carbonyl (C=O) groups is 1. The van der Waals surface area contributed by atoms with Crippen molar-refractivity contribution in [2.75, 3.05) is 14.1 Å². The molecule has 3 rings (SSSR count). The summed E-state index contributed by atoms with van der Waals surface area (Å²) in [5.74, 6) is -0.00900. The minimum Gasteiger partial charge on any atom is -0.382 e. The molecule has 1 N–H and O–H groups in total. The second kappa shape index (κ2) is 10.5. The smallest absolute Gasteiger partial charge is 0.362 e. The summed E-state index contributed by atoms with van der Waals surface area (Å²) >= 11 is 5.81. The first-order chi connectivity index (χ1) is 15.7. The predicted molar refractivity (Wildman–Crippen MR) is 131 cm³/mol. The van der Waals surface area contributed by atoms with Crippen LogP contribution in [0.2, 0.25) is 0 Å². The van der Waals surface area contributed by atoms with Crippen LogP contribution in [0.15, 0.2) is 69.4 Å². The van der Waals surface area contributed by atoms with E-state index in [2.05, 4.69) is 19.9 Å². The van der Waals surface area contributed by atoms with Gasteiger partial charge in [-0.1, -0.05) is 54.4 Å². The summed E-state index contributed by atoms with van der Waals surface area (Å²) in [5, 5.41) is 6.71. The molecule has 1 aromatic carbocycles. The molecule has 1 heterocycles. The second-order valence-corrected chi connectivity index (χ2v) is 10.2. The van der Waals surface area contributed by atoms with Crippen molar-refractivity contribution in [1.82, 2.24) is 15.2 Å². The number of urea groups is 1. The molecule has 1 aliphatic carbocycles. The van der Waals surface area contributed by atoms with Crippen LogP contribution >= 0.6 is 12.2 Å². The van der Waals surface area contributed by atoms with Crippen molar-refractivity contribution in [2.45, 2.75) is 49.0 Å². The van der Waals surface area contributed by atoms with Crippen molar-refractivity contribution in [3.63, 3.8) is 0 Å². The van der Waals surface area contributed by atoms with Crippen molar-refractivity contribution in [2.24, 2.45) is 15.6 Å². The summed E-state index contributed by atoms with van der Waals surface area (Å²) < 4.78 is 28.1. The number of thiocarbonyl (C=S) groups is 1. The van der Waals surface area contributed by atoms with Gasteiger partial charge < -0.3 is 10.2 Å². The molecule has 1 saturated carbocycles. The first kappa shape index (κ1) is 24.9. The number of likely N-dealkylation sites (N-methyl/N-ethyl adjacent to an activating group) is 1. The quantitative estimate of drug-likeness (QED) is 0.480. The number of amides is 2. The number of carbonyl (C=O) groups excluding carboxylic acids is 1. The Morgan fingerprint density at radius 3 is 2.61 bits per heavy atom. The van der Waals surface area contributed by atoms with Crippen LogP contribution in [0.5, 0.6) is 0 Å². The number of hydrogen-bond acceptors (Lipinski definition) is 5. The Kier molecular flexibility index (Phi) is 7.91. The van der Waals surface area contributed by atoms with E-state index in [1.165, 1.54) is 17.0 Å². The van der Waals surface area contributed by atoms with E-state index in [-0.39, 0.29) is 16.9 Å². The van der Waals surface area contributed by atoms with Gasteiger partial charge >= 0.3 is 6.03 Å². The molecule has 2 amide bonds. The lowest BCUT2D eigenvalue weighted by molar-refractivity contribution is 0.129. The van der Waals surface area contributed by atoms with Gasteiger partial charge in [-0.05, 0) is 54.0 Å². The summed E-state index contributed by atoms with van der Waals surface area (Å²) in [6, 6.07) is 10.6. The van der Waals surface area contributed by atoms with Crippen molar-refractivity contribution in [3.8, 4) is 0 Å². The number of benzene rings is 1. The fraction of sp³-hybridized carbons (Fsp3) is 0.435. The van der Waals surface area contributed by atoms with E-state index in [9.17, 15) is 13.2 Å². The van der Waals surface area contributed by atoms with E-state index in [1.54, 1.807) is 31.4 Å². The predicted octanol–water partition coefficient (Wildman–Crippen LogP) is 4.34. The Balaban J connectivity index is 1.89. The summed E-state index contributed by atoms with van der Waals surface area (Å²) in [5.41, 5.74) is 0.521. The minimum atomic E-state index is -4.05. The van der Waals surface area contributed by atoms with Crippen molar-refractivity contribution >= 4 is 33.3 Å². The Morgan fingerprint density at radius 2 is 1.97 bits per heavy atom. The highest BCUT2D eigenvalue weighted by Crippen LogP contribution is 2.47. The minimum absolute atomic E-state index is 0.00900. The monoisotopic (exact) mass is 487 g/mol. The molecule has 0 radical (unpaired) electrons. The molecule has 1 fully saturated rings. The Labute approximate surface area is 200 Å². The molecule has 33 heavy (non-hydrogen) atoms. The molecule has 1 aliphatic rings. The van der Waals surface area contributed by atoms with E-state index >= 15 is 0 Å². The first-order valence-electron chi connectivity index (χ1n) is 10.9. The maximum absolute atomic E-state index is 12.8. The van der Waals surface area contributed by atoms with E-state index in [0.29, 0.717) is 4.99 Å². The number of rotatable bonds is 6. The average Bonchev–Trinajstić information content (AvgIpc) is 2.86. The number of hydrogen-bond donors (Lipinski definition) is 1. The largest absolute Gasteiger partial charge is 0.382 e. The van der Waals surface area contributed by atoms with Gasteiger partial charge in [-0.3, -0.25) is 4.98 Å². The second-order valence-electron chi connectivity index (χ2n) is 8.25. The molecule has 10 heteroatoms. The standard InChI is InChI=1S/C23H29N5O3S2/c1-17(28(3)22(29)26-27-33(30,31)19-11-5-4-6-12-19)20-13-7-8-14-23(20,21(32)24-2)18-10-9-15-25-16-18/h4-6,9-12,15-17,20H,7-8,13-14H2,1-3H3,(H,24,32)/t17?,20-,23-/m1/s1. The number of pyridine rings is 1. The van der Waals surface area contributed by atoms with Gasteiger partial charge in [-0.15, -0.1) is 0 Å². The molecule has 0 bridgehead atoms. The number of nitrogens with zero attached hydrogens (tertiary/aromatic N) is 4. The molecule has 2 aromatic rings. The van der Waals surface area contributed by atoms with Crippen LogP contribution < -0.4 is 5.32 Å². The zero-order valence-electron chi connectivity index (χ0n) is 19.0. The summed E-state index contributed by atoms with van der Waals surface area (Å²) in [7, 11) is -0.620. The summed E-state index contributed by atoms with van der Waals surface area (Å²) in [6.45, 7) is 1.94. The molecule has 176 valence electrons. The average molecular weight is 488 g/mol. The van der Waals surface area contributed by atoms with Gasteiger partial charge in [0.15, 0.2) is 0 Å². The van der Waals surface area contributed by atoms with Crippen LogP contribution in [0, 0.1) is 5.92 Å². The van der Waals surface area contributed by atoms with Crippen LogP contribution in [0.25, 0.3) is 0 Å². The van der Waals surface area contributed by atoms with Gasteiger partial charge in [0.2, 0.25) is 0 Å². The van der Waals surface area contributed by atoms with Crippen LogP contribution in [-0.4, -0.2) is 49.5 Å². The highest BCUT2D eigenvalue weighted by Gasteiger charge is 2.49. The van der Waals surface area contributed by atoms with Crippen molar-refractivity contribution in [3.05, 3.63) is 60.4 Å². The van der Waals surface area contributed by atoms with Gasteiger partial charge in [-0.2, -0.15) is 8.42 Å². The number of nitrogens with one attached hydrogen (secondary N) is 1. The molecular weight excluding hydrogens is 458 g/mol. The molecule has 0 spiro atoms. The summed E-state index contributed by atoms with van der Waals surface area (Å²) in [6.07, 6.45) is 7.27. The lowest BCUT2D eigenvalue weighted by atomic mass is 9.60. The third-order valence-electron chi connectivity index (χ3n) is 6.55. The van der Waals surface area contributed by atoms with E-state index < -0.39 is 21.5 Å².